The van der Waals surface area contributed by atoms with E-state index in [1.165, 1.54) is 7.11 Å². The molecule has 10 N–H and O–H groups in total. The topological polar surface area (TPSA) is 226 Å². The Labute approximate surface area is 245 Å². The molecule has 3 aliphatic carbocycles. The zero-order valence-corrected chi connectivity index (χ0v) is 24.5. The van der Waals surface area contributed by atoms with E-state index in [0.717, 1.165) is 13.0 Å². The molecule has 0 radical (unpaired) electrons. The van der Waals surface area contributed by atoms with Crippen LogP contribution in [0.2, 0.25) is 0 Å². The van der Waals surface area contributed by atoms with Crippen LogP contribution in [0, 0.1) is 35.5 Å². The number of hydrogen-bond acceptors (Lipinski definition) is 12. The van der Waals surface area contributed by atoms with Gasteiger partial charge < -0.3 is 50.2 Å². The number of hydrogen-bond donors (Lipinski definition) is 8. The van der Waals surface area contributed by atoms with Gasteiger partial charge in [-0.3, -0.25) is 15.3 Å². The molecule has 5 aliphatic rings. The molecule has 0 spiro atoms. The van der Waals surface area contributed by atoms with Gasteiger partial charge in [0, 0.05) is 31.8 Å². The van der Waals surface area contributed by atoms with Crippen LogP contribution in [0.15, 0.2) is 0 Å². The number of carbonyl (C=O) groups is 2. The number of ether oxygens (including phenoxy) is 3. The molecule has 5 rings (SSSR count). The molecule has 2 heterocycles. The standard InChI is InChI=1S/C29H48N2O11/c1-13-7-16-21(18(33)8-13)24(35)22-17(23(16)34)10-15(40-2)11-19(22)41-27-25(36)26(37)28(38,29(39,12-32)42-27)5-3-14-4-6-31-20(30)9-14/h13-22,25-27,31-33,36-39H,3-12,30H2,1-2H3/p+1. The highest BCUT2D eigenvalue weighted by Gasteiger charge is 2.65. The van der Waals surface area contributed by atoms with Crippen molar-refractivity contribution >= 4 is 11.6 Å². The molecule has 13 nitrogen and oxygen atoms in total. The number of fused-ring (bicyclic) bond motifs is 2. The molecule has 0 bridgehead atoms. The third-order valence-corrected chi connectivity index (χ3v) is 10.9. The van der Waals surface area contributed by atoms with E-state index >= 15 is 0 Å². The third kappa shape index (κ3) is 5.60. The van der Waals surface area contributed by atoms with Crippen LogP contribution in [-0.2, 0) is 23.8 Å². The smallest absolute Gasteiger partial charge is 0.224 e. The Morgan fingerprint density at radius 3 is 2.40 bits per heavy atom. The van der Waals surface area contributed by atoms with E-state index in [4.69, 9.17) is 19.9 Å². The van der Waals surface area contributed by atoms with E-state index in [1.807, 2.05) is 12.2 Å². The molecule has 0 aromatic heterocycles. The first kappa shape index (κ1) is 32.3. The number of rotatable bonds is 7. The summed E-state index contributed by atoms with van der Waals surface area (Å²) in [6, 6.07) is 0. The van der Waals surface area contributed by atoms with E-state index in [2.05, 4.69) is 0 Å². The molecule has 13 heteroatoms. The Hall–Kier alpha value is -1.10. The molecule has 0 aromatic rings. The highest BCUT2D eigenvalue weighted by atomic mass is 16.8. The molecule has 3 saturated carbocycles. The van der Waals surface area contributed by atoms with Crippen molar-refractivity contribution in [2.24, 2.45) is 41.2 Å². The minimum atomic E-state index is -2.69. The quantitative estimate of drug-likeness (QED) is 0.147. The van der Waals surface area contributed by atoms with Crippen LogP contribution >= 0.6 is 0 Å². The first-order valence-electron chi connectivity index (χ1n) is 15.5. The molecule has 15 atom stereocenters. The fraction of sp³-hybridized carbons (Fsp3) is 0.931. The van der Waals surface area contributed by atoms with Crippen LogP contribution in [-0.4, -0.2) is 117 Å². The molecule has 2 saturated heterocycles. The van der Waals surface area contributed by atoms with Crippen LogP contribution in [0.1, 0.15) is 58.3 Å². The van der Waals surface area contributed by atoms with Crippen molar-refractivity contribution in [3.05, 3.63) is 0 Å². The minimum Gasteiger partial charge on any atom is -0.392 e. The first-order chi connectivity index (χ1) is 19.8. The fourth-order valence-corrected chi connectivity index (χ4v) is 8.54. The van der Waals surface area contributed by atoms with Crippen molar-refractivity contribution in [3.8, 4) is 0 Å². The highest BCUT2D eigenvalue weighted by molar-refractivity contribution is 6.00. The third-order valence-electron chi connectivity index (χ3n) is 10.9. The number of aliphatic hydroxyl groups excluding tert-OH is 4. The summed E-state index contributed by atoms with van der Waals surface area (Å²) < 4.78 is 17.3. The molecule has 2 aliphatic heterocycles. The van der Waals surface area contributed by atoms with Gasteiger partial charge in [0.05, 0.1) is 36.7 Å². The van der Waals surface area contributed by atoms with E-state index < -0.39 is 78.5 Å². The lowest BCUT2D eigenvalue weighted by Gasteiger charge is -2.54. The average Bonchev–Trinajstić information content (AvgIpc) is 2.96. The summed E-state index contributed by atoms with van der Waals surface area (Å²) in [7, 11) is 1.49. The molecule has 42 heavy (non-hydrogen) atoms. The SMILES string of the molecule is COC1CC(OC2OC(O)(CO)C(O)(CCC3CC[NH2+]C(N)C3)C(O)C2O)C2C(=O)C3C(O)CC(C)CC3C(=O)C2C1. The zero-order chi connectivity index (χ0) is 30.6. The van der Waals surface area contributed by atoms with Gasteiger partial charge in [0.1, 0.15) is 42.1 Å². The summed E-state index contributed by atoms with van der Waals surface area (Å²) >= 11 is 0. The Balaban J connectivity index is 1.36. The van der Waals surface area contributed by atoms with Gasteiger partial charge in [-0.1, -0.05) is 6.92 Å². The highest BCUT2D eigenvalue weighted by Crippen LogP contribution is 2.50. The predicted octanol–water partition coefficient (Wildman–Crippen LogP) is -2.88. The zero-order valence-electron chi connectivity index (χ0n) is 24.5. The Kier molecular flexibility index (Phi) is 9.50. The van der Waals surface area contributed by atoms with Gasteiger partial charge in [0.2, 0.25) is 5.79 Å². The maximum absolute atomic E-state index is 13.9. The number of piperidine rings is 1. The number of aliphatic hydroxyl groups is 6. The van der Waals surface area contributed by atoms with Crippen molar-refractivity contribution in [3.63, 3.8) is 0 Å². The molecule has 0 amide bonds. The van der Waals surface area contributed by atoms with Crippen LogP contribution < -0.4 is 11.1 Å². The van der Waals surface area contributed by atoms with Crippen molar-refractivity contribution in [2.45, 2.75) is 113 Å². The van der Waals surface area contributed by atoms with Crippen LogP contribution in [0.4, 0.5) is 0 Å². The second kappa shape index (κ2) is 12.4. The largest absolute Gasteiger partial charge is 0.392 e. The molecule has 5 fully saturated rings. The second-order valence-electron chi connectivity index (χ2n) is 13.6. The maximum Gasteiger partial charge on any atom is 0.224 e. The fourth-order valence-electron chi connectivity index (χ4n) is 8.54. The number of carbonyl (C=O) groups excluding carboxylic acids is 2. The normalized spacial score (nSPS) is 51.6. The summed E-state index contributed by atoms with van der Waals surface area (Å²) in [5.74, 6) is -6.00. The number of Topliss-reactive ketones (excluding diaryl/α,β-unsaturated/α-hetero) is 2. The summed E-state index contributed by atoms with van der Waals surface area (Å²) in [6.45, 7) is 1.65. The second-order valence-corrected chi connectivity index (χ2v) is 13.6. The summed E-state index contributed by atoms with van der Waals surface area (Å²) in [5, 5.41) is 68.1. The number of methoxy groups -OCH3 is 1. The van der Waals surface area contributed by atoms with Gasteiger partial charge in [-0.05, 0) is 50.4 Å². The Morgan fingerprint density at radius 1 is 1.02 bits per heavy atom. The molecule has 15 unspecified atom stereocenters. The Morgan fingerprint density at radius 2 is 1.74 bits per heavy atom. The summed E-state index contributed by atoms with van der Waals surface area (Å²) in [6.07, 6.45) is -5.02. The number of nitrogens with two attached hydrogens (primary N) is 2. The van der Waals surface area contributed by atoms with Crippen molar-refractivity contribution < 1.29 is 59.8 Å². The van der Waals surface area contributed by atoms with Crippen molar-refractivity contribution in [1.29, 1.82) is 0 Å². The molecule has 240 valence electrons. The van der Waals surface area contributed by atoms with Gasteiger partial charge in [0.15, 0.2) is 6.29 Å². The number of quaternary nitrogens is 1. The lowest BCUT2D eigenvalue weighted by Crippen LogP contribution is -2.94. The van der Waals surface area contributed by atoms with E-state index in [-0.39, 0.29) is 42.4 Å². The minimum absolute atomic E-state index is 0.0935. The van der Waals surface area contributed by atoms with Gasteiger partial charge in [-0.2, -0.15) is 0 Å². The van der Waals surface area contributed by atoms with Gasteiger partial charge in [-0.15, -0.1) is 0 Å². The van der Waals surface area contributed by atoms with Gasteiger partial charge in [0.25, 0.3) is 0 Å². The van der Waals surface area contributed by atoms with E-state index in [0.29, 0.717) is 32.1 Å². The lowest BCUT2D eigenvalue weighted by atomic mass is 9.55. The average molecular weight is 602 g/mol. The van der Waals surface area contributed by atoms with Crippen LogP contribution in [0.5, 0.6) is 0 Å². The molecular weight excluding hydrogens is 552 g/mol. The van der Waals surface area contributed by atoms with Crippen LogP contribution in [0.25, 0.3) is 0 Å². The van der Waals surface area contributed by atoms with Gasteiger partial charge in [-0.25, -0.2) is 0 Å². The first-order valence-corrected chi connectivity index (χ1v) is 15.5. The predicted molar refractivity (Wildman–Crippen MR) is 144 cm³/mol. The molecule has 0 aromatic carbocycles. The van der Waals surface area contributed by atoms with Crippen LogP contribution in [0.3, 0.4) is 0 Å². The van der Waals surface area contributed by atoms with Gasteiger partial charge >= 0.3 is 0 Å². The van der Waals surface area contributed by atoms with E-state index in [9.17, 15) is 40.2 Å². The Bertz CT molecular complexity index is 1000. The van der Waals surface area contributed by atoms with Crippen molar-refractivity contribution in [1.82, 2.24) is 0 Å². The molecular formula is C29H49N2O11+. The number of ketones is 2. The lowest BCUT2D eigenvalue weighted by molar-refractivity contribution is -0.699. The van der Waals surface area contributed by atoms with E-state index in [1.54, 1.807) is 0 Å². The van der Waals surface area contributed by atoms with Crippen molar-refractivity contribution in [2.75, 3.05) is 20.3 Å². The summed E-state index contributed by atoms with van der Waals surface area (Å²) in [4.78, 5) is 27.6. The maximum atomic E-state index is 13.9. The summed E-state index contributed by atoms with van der Waals surface area (Å²) in [5.41, 5.74) is 3.60. The monoisotopic (exact) mass is 601 g/mol.